The highest BCUT2D eigenvalue weighted by molar-refractivity contribution is 5.80. The Kier molecular flexibility index (Phi) is 8.10. The summed E-state index contributed by atoms with van der Waals surface area (Å²) >= 11 is 0. The van der Waals surface area contributed by atoms with Crippen molar-refractivity contribution in [3.63, 3.8) is 0 Å². The van der Waals surface area contributed by atoms with Crippen molar-refractivity contribution in [1.29, 1.82) is 0 Å². The number of aliphatic imine (C=N–C) groups is 1. The van der Waals surface area contributed by atoms with Crippen molar-refractivity contribution in [3.8, 4) is 5.75 Å². The fraction of sp³-hybridized carbons (Fsp3) is 0.519. The minimum absolute atomic E-state index is 0.407. The highest BCUT2D eigenvalue weighted by Gasteiger charge is 2.31. The molecule has 2 aliphatic heterocycles. The van der Waals surface area contributed by atoms with Crippen LogP contribution in [0.1, 0.15) is 37.3 Å². The third kappa shape index (κ3) is 5.99. The summed E-state index contributed by atoms with van der Waals surface area (Å²) in [6, 6.07) is 20.2. The van der Waals surface area contributed by atoms with Gasteiger partial charge >= 0.3 is 0 Å². The van der Waals surface area contributed by atoms with E-state index in [1.807, 2.05) is 7.05 Å². The molecule has 4 rings (SSSR count). The Morgan fingerprint density at radius 2 is 1.73 bits per heavy atom. The molecule has 178 valence electrons. The molecule has 2 atom stereocenters. The van der Waals surface area contributed by atoms with Crippen molar-refractivity contribution < 1.29 is 4.74 Å². The standard InChI is InChI=1S/C27H39N5O/c1-28-27(30-23-15-18-32(19-16-23)24-9-5-4-6-10-24)29-20-22-8-7-17-31(2)26(22)21-11-13-25(33-3)14-12-21/h4-6,9-14,22-23,26H,7-8,15-20H2,1-3H3,(H2,28,29,30). The molecule has 0 radical (unpaired) electrons. The van der Waals surface area contributed by atoms with Crippen LogP contribution in [0.3, 0.4) is 0 Å². The van der Waals surface area contributed by atoms with E-state index in [1.54, 1.807) is 7.11 Å². The Labute approximate surface area is 199 Å². The summed E-state index contributed by atoms with van der Waals surface area (Å²) in [6.45, 7) is 4.21. The van der Waals surface area contributed by atoms with Crippen LogP contribution in [0.5, 0.6) is 5.75 Å². The minimum atomic E-state index is 0.407. The van der Waals surface area contributed by atoms with E-state index in [2.05, 4.69) is 87.1 Å². The molecule has 0 aliphatic carbocycles. The van der Waals surface area contributed by atoms with E-state index < -0.39 is 0 Å². The van der Waals surface area contributed by atoms with Crippen LogP contribution in [-0.4, -0.2) is 64.3 Å². The molecule has 0 bridgehead atoms. The van der Waals surface area contributed by atoms with E-state index in [-0.39, 0.29) is 0 Å². The molecule has 2 fully saturated rings. The Morgan fingerprint density at radius 1 is 1.00 bits per heavy atom. The second-order valence-electron chi connectivity index (χ2n) is 9.30. The number of para-hydroxylation sites is 1. The van der Waals surface area contributed by atoms with Gasteiger partial charge in [-0.05, 0) is 75.0 Å². The molecule has 6 nitrogen and oxygen atoms in total. The molecule has 0 aromatic heterocycles. The molecule has 2 aromatic rings. The van der Waals surface area contributed by atoms with E-state index in [0.29, 0.717) is 18.0 Å². The Balaban J connectivity index is 1.30. The number of ether oxygens (including phenoxy) is 1. The summed E-state index contributed by atoms with van der Waals surface area (Å²) in [7, 11) is 5.84. The van der Waals surface area contributed by atoms with E-state index >= 15 is 0 Å². The maximum absolute atomic E-state index is 5.35. The van der Waals surface area contributed by atoms with Gasteiger partial charge in [0.05, 0.1) is 7.11 Å². The van der Waals surface area contributed by atoms with E-state index in [4.69, 9.17) is 4.74 Å². The van der Waals surface area contributed by atoms with Gasteiger partial charge in [0, 0.05) is 44.5 Å². The first-order chi connectivity index (χ1) is 16.2. The highest BCUT2D eigenvalue weighted by atomic mass is 16.5. The number of benzene rings is 2. The second kappa shape index (κ2) is 11.4. The lowest BCUT2D eigenvalue weighted by Gasteiger charge is -2.40. The van der Waals surface area contributed by atoms with Crippen LogP contribution in [0.15, 0.2) is 59.6 Å². The first-order valence-electron chi connectivity index (χ1n) is 12.3. The number of likely N-dealkylation sites (tertiary alicyclic amines) is 1. The number of piperidine rings is 2. The van der Waals surface area contributed by atoms with E-state index in [1.165, 1.54) is 24.1 Å². The summed E-state index contributed by atoms with van der Waals surface area (Å²) in [4.78, 5) is 9.50. The molecule has 0 spiro atoms. The van der Waals surface area contributed by atoms with Crippen molar-refractivity contribution in [2.75, 3.05) is 52.3 Å². The van der Waals surface area contributed by atoms with Crippen molar-refractivity contribution in [1.82, 2.24) is 15.5 Å². The molecule has 0 amide bonds. The molecule has 2 heterocycles. The molecular weight excluding hydrogens is 410 g/mol. The molecule has 33 heavy (non-hydrogen) atoms. The molecule has 0 saturated carbocycles. The SMILES string of the molecule is CN=C(NCC1CCCN(C)C1c1ccc(OC)cc1)NC1CCN(c2ccccc2)CC1. The summed E-state index contributed by atoms with van der Waals surface area (Å²) < 4.78 is 5.35. The predicted octanol–water partition coefficient (Wildman–Crippen LogP) is 3.91. The predicted molar refractivity (Wildman–Crippen MR) is 137 cm³/mol. The molecule has 2 saturated heterocycles. The zero-order valence-electron chi connectivity index (χ0n) is 20.3. The smallest absolute Gasteiger partial charge is 0.191 e. The number of hydrogen-bond donors (Lipinski definition) is 2. The van der Waals surface area contributed by atoms with Crippen LogP contribution in [0.4, 0.5) is 5.69 Å². The number of methoxy groups -OCH3 is 1. The minimum Gasteiger partial charge on any atom is -0.497 e. The van der Waals surface area contributed by atoms with Crippen LogP contribution in [0.25, 0.3) is 0 Å². The lowest BCUT2D eigenvalue weighted by molar-refractivity contribution is 0.122. The normalized spacial score (nSPS) is 22.8. The maximum Gasteiger partial charge on any atom is 0.191 e. The van der Waals surface area contributed by atoms with Gasteiger partial charge in [0.15, 0.2) is 5.96 Å². The van der Waals surface area contributed by atoms with Gasteiger partial charge < -0.3 is 20.3 Å². The lowest BCUT2D eigenvalue weighted by atomic mass is 9.85. The third-order valence-corrected chi connectivity index (χ3v) is 7.18. The molecular formula is C27H39N5O. The Bertz CT molecular complexity index is 877. The first-order valence-corrected chi connectivity index (χ1v) is 12.3. The fourth-order valence-corrected chi connectivity index (χ4v) is 5.34. The number of nitrogens with one attached hydrogen (secondary N) is 2. The van der Waals surface area contributed by atoms with Gasteiger partial charge in [-0.25, -0.2) is 0 Å². The average molecular weight is 450 g/mol. The number of anilines is 1. The Hall–Kier alpha value is -2.73. The number of hydrogen-bond acceptors (Lipinski definition) is 4. The van der Waals surface area contributed by atoms with Crippen molar-refractivity contribution in [2.24, 2.45) is 10.9 Å². The van der Waals surface area contributed by atoms with Gasteiger partial charge in [-0.3, -0.25) is 9.89 Å². The first kappa shape index (κ1) is 23.4. The van der Waals surface area contributed by atoms with Gasteiger partial charge in [0.25, 0.3) is 0 Å². The van der Waals surface area contributed by atoms with Crippen LogP contribution in [0, 0.1) is 5.92 Å². The van der Waals surface area contributed by atoms with Gasteiger partial charge in [-0.2, -0.15) is 0 Å². The topological polar surface area (TPSA) is 52.1 Å². The molecule has 6 heteroatoms. The van der Waals surface area contributed by atoms with Gasteiger partial charge in [-0.15, -0.1) is 0 Å². The van der Waals surface area contributed by atoms with Crippen LogP contribution < -0.4 is 20.3 Å². The maximum atomic E-state index is 5.35. The van der Waals surface area contributed by atoms with E-state index in [0.717, 1.165) is 50.7 Å². The van der Waals surface area contributed by atoms with Crippen LogP contribution >= 0.6 is 0 Å². The monoisotopic (exact) mass is 449 g/mol. The number of nitrogens with zero attached hydrogens (tertiary/aromatic N) is 3. The summed E-state index contributed by atoms with van der Waals surface area (Å²) in [5, 5.41) is 7.33. The second-order valence-corrected chi connectivity index (χ2v) is 9.30. The van der Waals surface area contributed by atoms with Crippen molar-refractivity contribution in [2.45, 2.75) is 37.8 Å². The van der Waals surface area contributed by atoms with Crippen molar-refractivity contribution in [3.05, 3.63) is 60.2 Å². The van der Waals surface area contributed by atoms with Gasteiger partial charge in [0.1, 0.15) is 5.75 Å². The molecule has 2 aliphatic rings. The zero-order chi connectivity index (χ0) is 23.0. The largest absolute Gasteiger partial charge is 0.497 e. The quantitative estimate of drug-likeness (QED) is 0.517. The molecule has 2 aromatic carbocycles. The van der Waals surface area contributed by atoms with Gasteiger partial charge in [-0.1, -0.05) is 30.3 Å². The molecule has 2 unspecified atom stereocenters. The number of rotatable bonds is 6. The zero-order valence-corrected chi connectivity index (χ0v) is 20.3. The number of guanidine groups is 1. The summed E-state index contributed by atoms with van der Waals surface area (Å²) in [5.74, 6) is 2.38. The van der Waals surface area contributed by atoms with Crippen molar-refractivity contribution >= 4 is 11.6 Å². The van der Waals surface area contributed by atoms with Gasteiger partial charge in [0.2, 0.25) is 0 Å². The highest BCUT2D eigenvalue weighted by Crippen LogP contribution is 2.35. The van der Waals surface area contributed by atoms with Crippen LogP contribution in [-0.2, 0) is 0 Å². The summed E-state index contributed by atoms with van der Waals surface area (Å²) in [6.07, 6.45) is 4.70. The lowest BCUT2D eigenvalue weighted by Crippen LogP contribution is -2.50. The average Bonchev–Trinajstić information content (AvgIpc) is 2.87. The summed E-state index contributed by atoms with van der Waals surface area (Å²) in [5.41, 5.74) is 2.69. The van der Waals surface area contributed by atoms with E-state index in [9.17, 15) is 0 Å². The van der Waals surface area contributed by atoms with Crippen LogP contribution in [0.2, 0.25) is 0 Å². The third-order valence-electron chi connectivity index (χ3n) is 7.18. The molecule has 2 N–H and O–H groups in total. The Morgan fingerprint density at radius 3 is 2.39 bits per heavy atom. The fourth-order valence-electron chi connectivity index (χ4n) is 5.34.